The zero-order valence-electron chi connectivity index (χ0n) is 16.6. The Hall–Kier alpha value is -2.82. The predicted molar refractivity (Wildman–Crippen MR) is 102 cm³/mol. The van der Waals surface area contributed by atoms with Crippen molar-refractivity contribution in [2.75, 3.05) is 0 Å². The van der Waals surface area contributed by atoms with Gasteiger partial charge < -0.3 is 10.4 Å². The van der Waals surface area contributed by atoms with Crippen LogP contribution in [-0.2, 0) is 11.3 Å². The summed E-state index contributed by atoms with van der Waals surface area (Å²) >= 11 is 0. The molecule has 2 N–H and O–H groups in total. The monoisotopic (exact) mass is 404 g/mol. The Labute approximate surface area is 165 Å². The van der Waals surface area contributed by atoms with E-state index in [1.54, 1.807) is 6.92 Å². The van der Waals surface area contributed by atoms with Crippen LogP contribution >= 0.6 is 0 Å². The summed E-state index contributed by atoms with van der Waals surface area (Å²) in [5.74, 6) is -0.226. The van der Waals surface area contributed by atoms with Crippen molar-refractivity contribution < 1.29 is 14.8 Å². The number of fused-ring (bicyclic) bond motifs is 1. The molecule has 156 valence electrons. The Morgan fingerprint density at radius 2 is 2.03 bits per heavy atom. The topological polar surface area (TPSA) is 145 Å². The van der Waals surface area contributed by atoms with Crippen molar-refractivity contribution in [3.05, 3.63) is 32.0 Å². The van der Waals surface area contributed by atoms with Gasteiger partial charge in [-0.25, -0.2) is 9.20 Å². The first-order valence-electron chi connectivity index (χ1n) is 9.77. The molecule has 11 heteroatoms. The molecule has 0 aromatic carbocycles. The van der Waals surface area contributed by atoms with Gasteiger partial charge in [0.25, 0.3) is 5.56 Å². The number of aromatic nitrogens is 4. The molecule has 2 saturated carbocycles. The van der Waals surface area contributed by atoms with Gasteiger partial charge in [0.2, 0.25) is 11.4 Å². The molecule has 2 heterocycles. The van der Waals surface area contributed by atoms with E-state index in [0.29, 0.717) is 24.4 Å². The number of carbonyl (C=O) groups is 1. The minimum atomic E-state index is -0.784. The van der Waals surface area contributed by atoms with Crippen LogP contribution in [0.3, 0.4) is 0 Å². The number of hydrogen-bond acceptors (Lipinski definition) is 7. The van der Waals surface area contributed by atoms with Crippen LogP contribution in [0, 0.1) is 10.1 Å². The molecule has 29 heavy (non-hydrogen) atoms. The van der Waals surface area contributed by atoms with Gasteiger partial charge in [0.15, 0.2) is 5.82 Å². The van der Waals surface area contributed by atoms with Crippen molar-refractivity contribution in [2.24, 2.45) is 0 Å². The molecule has 1 amide bonds. The van der Waals surface area contributed by atoms with E-state index in [0.717, 1.165) is 17.5 Å². The first-order chi connectivity index (χ1) is 13.6. The molecule has 0 spiro atoms. The fraction of sp³-hybridized carbons (Fsp3) is 0.667. The number of nitrogens with one attached hydrogen (secondary N) is 1. The molecule has 11 nitrogen and oxygen atoms in total. The summed E-state index contributed by atoms with van der Waals surface area (Å²) in [6.07, 6.45) is 2.49. The van der Waals surface area contributed by atoms with Crippen molar-refractivity contribution >= 4 is 17.1 Å². The van der Waals surface area contributed by atoms with Crippen molar-refractivity contribution in [1.82, 2.24) is 24.7 Å². The van der Waals surface area contributed by atoms with E-state index >= 15 is 0 Å². The minimum Gasteiger partial charge on any atom is -0.390 e. The molecule has 0 saturated heterocycles. The second-order valence-electron chi connectivity index (χ2n) is 8.67. The smallest absolute Gasteiger partial charge is 0.324 e. The molecular formula is C18H24N6O5. The second kappa shape index (κ2) is 6.61. The van der Waals surface area contributed by atoms with Gasteiger partial charge in [0.05, 0.1) is 10.5 Å². The van der Waals surface area contributed by atoms with E-state index < -0.39 is 22.0 Å². The predicted octanol–water partition coefficient (Wildman–Crippen LogP) is 0.830. The molecule has 0 bridgehead atoms. The van der Waals surface area contributed by atoms with Gasteiger partial charge in [-0.3, -0.25) is 19.7 Å². The summed E-state index contributed by atoms with van der Waals surface area (Å²) in [6, 6.07) is -0.160. The molecule has 2 aliphatic rings. The SMILES string of the molecule is CC(C)c1nn(CC(=O)NC2CC(C)(O)C2)c(=O)c2c([N+](=O)[O-])c(C3CC3)nn12. The normalized spacial score (nSPS) is 24.0. The Bertz CT molecular complexity index is 1060. The summed E-state index contributed by atoms with van der Waals surface area (Å²) in [5.41, 5.74) is -1.61. The van der Waals surface area contributed by atoms with Crippen LogP contribution in [0.1, 0.15) is 69.8 Å². The summed E-state index contributed by atoms with van der Waals surface area (Å²) in [6.45, 7) is 5.03. The third-order valence-corrected chi connectivity index (χ3v) is 5.46. The summed E-state index contributed by atoms with van der Waals surface area (Å²) in [7, 11) is 0. The van der Waals surface area contributed by atoms with Gasteiger partial charge in [0, 0.05) is 17.9 Å². The second-order valence-corrected chi connectivity index (χ2v) is 8.67. The maximum absolute atomic E-state index is 13.0. The Morgan fingerprint density at radius 1 is 1.38 bits per heavy atom. The highest BCUT2D eigenvalue weighted by Crippen LogP contribution is 2.44. The summed E-state index contributed by atoms with van der Waals surface area (Å²) < 4.78 is 2.25. The van der Waals surface area contributed by atoms with Crippen LogP contribution < -0.4 is 10.9 Å². The van der Waals surface area contributed by atoms with Crippen molar-refractivity contribution in [1.29, 1.82) is 0 Å². The van der Waals surface area contributed by atoms with Crippen LogP contribution in [0.2, 0.25) is 0 Å². The lowest BCUT2D eigenvalue weighted by Crippen LogP contribution is -2.54. The van der Waals surface area contributed by atoms with Crippen molar-refractivity contribution in [2.45, 2.75) is 76.5 Å². The van der Waals surface area contributed by atoms with Crippen LogP contribution in [0.4, 0.5) is 5.69 Å². The fourth-order valence-corrected chi connectivity index (χ4v) is 3.91. The molecule has 4 rings (SSSR count). The van der Waals surface area contributed by atoms with Gasteiger partial charge in [-0.2, -0.15) is 10.2 Å². The summed E-state index contributed by atoms with van der Waals surface area (Å²) in [4.78, 5) is 36.6. The number of aliphatic hydroxyl groups is 1. The van der Waals surface area contributed by atoms with Gasteiger partial charge in [-0.15, -0.1) is 0 Å². The molecular weight excluding hydrogens is 380 g/mol. The molecule has 2 aromatic heterocycles. The van der Waals surface area contributed by atoms with E-state index in [4.69, 9.17) is 0 Å². The lowest BCUT2D eigenvalue weighted by atomic mass is 9.77. The highest BCUT2D eigenvalue weighted by atomic mass is 16.6. The van der Waals surface area contributed by atoms with E-state index in [1.807, 2.05) is 13.8 Å². The highest BCUT2D eigenvalue weighted by Gasteiger charge is 2.40. The van der Waals surface area contributed by atoms with Gasteiger partial charge in [-0.1, -0.05) is 13.8 Å². The number of amides is 1. The Kier molecular flexibility index (Phi) is 4.45. The van der Waals surface area contributed by atoms with Crippen LogP contribution in [-0.4, -0.2) is 47.0 Å². The molecule has 2 aliphatic carbocycles. The zero-order chi connectivity index (χ0) is 21.1. The summed E-state index contributed by atoms with van der Waals surface area (Å²) in [5, 5.41) is 32.9. The van der Waals surface area contributed by atoms with E-state index in [-0.39, 0.29) is 35.6 Å². The lowest BCUT2D eigenvalue weighted by Gasteiger charge is -2.41. The molecule has 0 aliphatic heterocycles. The van der Waals surface area contributed by atoms with Crippen LogP contribution in [0.25, 0.3) is 5.52 Å². The van der Waals surface area contributed by atoms with Gasteiger partial charge in [-0.05, 0) is 32.6 Å². The first-order valence-corrected chi connectivity index (χ1v) is 9.77. The molecule has 0 atom stereocenters. The molecule has 2 aromatic rings. The number of nitrogens with zero attached hydrogens (tertiary/aromatic N) is 5. The number of rotatable bonds is 6. The van der Waals surface area contributed by atoms with Crippen LogP contribution in [0.15, 0.2) is 4.79 Å². The zero-order valence-corrected chi connectivity index (χ0v) is 16.6. The quantitative estimate of drug-likeness (QED) is 0.536. The maximum atomic E-state index is 13.0. The number of carbonyl (C=O) groups excluding carboxylic acids is 1. The molecule has 0 unspecified atom stereocenters. The van der Waals surface area contributed by atoms with Crippen molar-refractivity contribution in [3.63, 3.8) is 0 Å². The minimum absolute atomic E-state index is 0.0159. The average molecular weight is 404 g/mol. The van der Waals surface area contributed by atoms with Crippen molar-refractivity contribution in [3.8, 4) is 0 Å². The molecule has 2 fully saturated rings. The van der Waals surface area contributed by atoms with Gasteiger partial charge in [0.1, 0.15) is 12.2 Å². The third-order valence-electron chi connectivity index (χ3n) is 5.46. The first kappa shape index (κ1) is 19.5. The van der Waals surface area contributed by atoms with E-state index in [2.05, 4.69) is 15.5 Å². The van der Waals surface area contributed by atoms with E-state index in [9.17, 15) is 24.8 Å². The fourth-order valence-electron chi connectivity index (χ4n) is 3.91. The number of hydrogen-bond donors (Lipinski definition) is 2. The van der Waals surface area contributed by atoms with Crippen LogP contribution in [0.5, 0.6) is 0 Å². The highest BCUT2D eigenvalue weighted by molar-refractivity contribution is 5.76. The third kappa shape index (κ3) is 3.50. The number of nitro groups is 1. The molecule has 0 radical (unpaired) electrons. The largest absolute Gasteiger partial charge is 0.390 e. The Balaban J connectivity index is 1.73. The standard InChI is InChI=1S/C18H24N6O5/c1-9(2)16-21-22(8-12(25)19-11-6-18(3,27)7-11)17(26)15-14(24(28)29)13(10-4-5-10)20-23(15)16/h9-11,27H,4-8H2,1-3H3,(H,19,25). The van der Waals surface area contributed by atoms with E-state index in [1.165, 1.54) is 4.52 Å². The maximum Gasteiger partial charge on any atom is 0.324 e. The average Bonchev–Trinajstić information content (AvgIpc) is 3.34. The lowest BCUT2D eigenvalue weighted by molar-refractivity contribution is -0.383. The van der Waals surface area contributed by atoms with Gasteiger partial charge >= 0.3 is 5.69 Å². The Morgan fingerprint density at radius 3 is 2.55 bits per heavy atom.